The molecule has 0 spiro atoms. The number of rotatable bonds is 9. The Morgan fingerprint density at radius 2 is 2.29 bits per heavy atom. The van der Waals surface area contributed by atoms with Crippen LogP contribution < -0.4 is 11.1 Å². The molecule has 0 heterocycles. The molecular formula is C10H18N2O4S. The van der Waals surface area contributed by atoms with Crippen LogP contribution in [0, 0.1) is 0 Å². The Bertz CT molecular complexity index is 271. The molecule has 0 aromatic heterocycles. The smallest absolute Gasteiger partial charge is 0.334 e. The van der Waals surface area contributed by atoms with Crippen LogP contribution in [0.25, 0.3) is 0 Å². The fourth-order valence-corrected chi connectivity index (χ4v) is 1.54. The summed E-state index contributed by atoms with van der Waals surface area (Å²) in [7, 11) is 1.45. The largest absolute Gasteiger partial charge is 0.433 e. The van der Waals surface area contributed by atoms with Crippen LogP contribution in [0.3, 0.4) is 0 Å². The maximum atomic E-state index is 11.2. The summed E-state index contributed by atoms with van der Waals surface area (Å²) in [6.07, 6.45) is 1.29. The minimum Gasteiger partial charge on any atom is -0.433 e. The Balaban J connectivity index is 3.76. The SMILES string of the molecule is COC(C)OC(=O)C=C(N)CSCCNC=O. The van der Waals surface area contributed by atoms with Gasteiger partial charge < -0.3 is 20.5 Å². The van der Waals surface area contributed by atoms with E-state index in [0.717, 1.165) is 5.75 Å². The highest BCUT2D eigenvalue weighted by Gasteiger charge is 2.05. The van der Waals surface area contributed by atoms with Crippen LogP contribution in [-0.2, 0) is 19.1 Å². The summed E-state index contributed by atoms with van der Waals surface area (Å²) in [4.78, 5) is 21.2. The number of methoxy groups -OCH3 is 1. The summed E-state index contributed by atoms with van der Waals surface area (Å²) in [6, 6.07) is 0. The predicted octanol–water partition coefficient (Wildman–Crippen LogP) is -0.156. The van der Waals surface area contributed by atoms with Crippen molar-refractivity contribution in [1.29, 1.82) is 0 Å². The second-order valence-electron chi connectivity index (χ2n) is 3.08. The number of carbonyl (C=O) groups excluding carboxylic acids is 2. The molecule has 3 N–H and O–H groups in total. The molecule has 1 amide bonds. The molecule has 7 heteroatoms. The number of hydrogen-bond donors (Lipinski definition) is 2. The number of thioether (sulfide) groups is 1. The standard InChI is InChI=1S/C10H18N2O4S/c1-8(15-2)16-10(14)5-9(11)6-17-4-3-12-7-13/h5,7-8H,3-4,6,11H2,1-2H3,(H,12,13). The van der Waals surface area contributed by atoms with Gasteiger partial charge in [-0.05, 0) is 6.92 Å². The van der Waals surface area contributed by atoms with Crippen molar-refractivity contribution in [2.45, 2.75) is 13.2 Å². The van der Waals surface area contributed by atoms with Gasteiger partial charge >= 0.3 is 5.97 Å². The molecule has 0 aliphatic carbocycles. The van der Waals surface area contributed by atoms with Crippen molar-refractivity contribution in [2.75, 3.05) is 25.2 Å². The van der Waals surface area contributed by atoms with Gasteiger partial charge in [0.1, 0.15) is 0 Å². The average Bonchev–Trinajstić information content (AvgIpc) is 2.28. The van der Waals surface area contributed by atoms with Crippen molar-refractivity contribution >= 4 is 24.1 Å². The molecule has 0 saturated carbocycles. The number of carbonyl (C=O) groups is 2. The van der Waals surface area contributed by atoms with Gasteiger partial charge in [-0.25, -0.2) is 4.79 Å². The molecule has 98 valence electrons. The van der Waals surface area contributed by atoms with E-state index in [4.69, 9.17) is 15.2 Å². The van der Waals surface area contributed by atoms with E-state index in [1.165, 1.54) is 24.9 Å². The molecule has 0 aromatic carbocycles. The number of nitrogens with two attached hydrogens (primary N) is 1. The van der Waals surface area contributed by atoms with Crippen molar-refractivity contribution in [3.8, 4) is 0 Å². The van der Waals surface area contributed by atoms with Crippen LogP contribution in [0.2, 0.25) is 0 Å². The quantitative estimate of drug-likeness (QED) is 0.197. The molecule has 1 atom stereocenters. The second kappa shape index (κ2) is 9.98. The normalized spacial score (nSPS) is 12.9. The number of ether oxygens (including phenoxy) is 2. The van der Waals surface area contributed by atoms with Crippen molar-refractivity contribution in [3.63, 3.8) is 0 Å². The summed E-state index contributed by atoms with van der Waals surface area (Å²) in [6.45, 7) is 2.19. The molecule has 0 aliphatic heterocycles. The third-order valence-electron chi connectivity index (χ3n) is 1.66. The van der Waals surface area contributed by atoms with E-state index in [2.05, 4.69) is 5.32 Å². The molecule has 0 aliphatic rings. The van der Waals surface area contributed by atoms with Crippen LogP contribution in [-0.4, -0.2) is 43.8 Å². The van der Waals surface area contributed by atoms with Gasteiger partial charge in [-0.15, -0.1) is 0 Å². The number of amides is 1. The topological polar surface area (TPSA) is 90.7 Å². The molecule has 17 heavy (non-hydrogen) atoms. The Hall–Kier alpha value is -1.21. The summed E-state index contributed by atoms with van der Waals surface area (Å²) >= 11 is 1.51. The average molecular weight is 262 g/mol. The Labute approximate surface area is 105 Å². The zero-order valence-electron chi connectivity index (χ0n) is 9.97. The fourth-order valence-electron chi connectivity index (χ4n) is 0.819. The number of esters is 1. The molecule has 1 unspecified atom stereocenters. The Morgan fingerprint density at radius 3 is 2.88 bits per heavy atom. The van der Waals surface area contributed by atoms with E-state index in [9.17, 15) is 9.59 Å². The van der Waals surface area contributed by atoms with Gasteiger partial charge in [0.15, 0.2) is 6.29 Å². The molecule has 0 radical (unpaired) electrons. The van der Waals surface area contributed by atoms with Gasteiger partial charge in [0.2, 0.25) is 6.41 Å². The first-order valence-electron chi connectivity index (χ1n) is 5.04. The van der Waals surface area contributed by atoms with Gasteiger partial charge in [-0.1, -0.05) is 0 Å². The maximum Gasteiger partial charge on any atom is 0.334 e. The molecule has 0 aromatic rings. The maximum absolute atomic E-state index is 11.2. The minimum absolute atomic E-state index is 0.425. The lowest BCUT2D eigenvalue weighted by molar-refractivity contribution is -0.163. The van der Waals surface area contributed by atoms with E-state index in [1.54, 1.807) is 6.92 Å². The van der Waals surface area contributed by atoms with E-state index in [-0.39, 0.29) is 0 Å². The van der Waals surface area contributed by atoms with Gasteiger partial charge in [-0.2, -0.15) is 11.8 Å². The molecule has 0 saturated heterocycles. The van der Waals surface area contributed by atoms with E-state index in [1.807, 2.05) is 0 Å². The van der Waals surface area contributed by atoms with Crippen molar-refractivity contribution in [3.05, 3.63) is 11.8 Å². The zero-order valence-corrected chi connectivity index (χ0v) is 10.8. The first-order valence-corrected chi connectivity index (χ1v) is 6.19. The molecule has 0 rings (SSSR count). The zero-order chi connectivity index (χ0) is 13.1. The fraction of sp³-hybridized carbons (Fsp3) is 0.600. The lowest BCUT2D eigenvalue weighted by Crippen LogP contribution is -2.17. The van der Waals surface area contributed by atoms with E-state index < -0.39 is 12.3 Å². The van der Waals surface area contributed by atoms with Gasteiger partial charge in [-0.3, -0.25) is 4.79 Å². The van der Waals surface area contributed by atoms with Crippen LogP contribution in [0.5, 0.6) is 0 Å². The van der Waals surface area contributed by atoms with Crippen LogP contribution in [0.4, 0.5) is 0 Å². The molecule has 0 fully saturated rings. The summed E-state index contributed by atoms with van der Waals surface area (Å²) in [5, 5.41) is 2.53. The number of hydrogen-bond acceptors (Lipinski definition) is 6. The van der Waals surface area contributed by atoms with Crippen molar-refractivity contribution < 1.29 is 19.1 Å². The summed E-state index contributed by atoms with van der Waals surface area (Å²) in [5.74, 6) is 0.719. The monoisotopic (exact) mass is 262 g/mol. The van der Waals surface area contributed by atoms with Crippen molar-refractivity contribution in [2.24, 2.45) is 5.73 Å². The lowest BCUT2D eigenvalue weighted by Gasteiger charge is -2.09. The predicted molar refractivity (Wildman–Crippen MR) is 66.2 cm³/mol. The minimum atomic E-state index is -0.587. The molecular weight excluding hydrogens is 244 g/mol. The van der Waals surface area contributed by atoms with Gasteiger partial charge in [0.05, 0.1) is 0 Å². The first kappa shape index (κ1) is 15.8. The highest BCUT2D eigenvalue weighted by molar-refractivity contribution is 7.99. The Kier molecular flexibility index (Phi) is 9.27. The van der Waals surface area contributed by atoms with Crippen LogP contribution in [0.1, 0.15) is 6.92 Å². The lowest BCUT2D eigenvalue weighted by atomic mass is 10.4. The third-order valence-corrected chi connectivity index (χ3v) is 2.69. The van der Waals surface area contributed by atoms with Gasteiger partial charge in [0, 0.05) is 36.9 Å². The summed E-state index contributed by atoms with van der Waals surface area (Å²) in [5.41, 5.74) is 6.04. The highest BCUT2D eigenvalue weighted by atomic mass is 32.2. The van der Waals surface area contributed by atoms with Crippen molar-refractivity contribution in [1.82, 2.24) is 5.32 Å². The van der Waals surface area contributed by atoms with Crippen LogP contribution in [0.15, 0.2) is 11.8 Å². The van der Waals surface area contributed by atoms with Crippen LogP contribution >= 0.6 is 11.8 Å². The second-order valence-corrected chi connectivity index (χ2v) is 4.19. The number of nitrogens with one attached hydrogen (secondary N) is 1. The first-order chi connectivity index (χ1) is 8.10. The third kappa shape index (κ3) is 9.70. The molecule has 6 nitrogen and oxygen atoms in total. The van der Waals surface area contributed by atoms with E-state index >= 15 is 0 Å². The summed E-state index contributed by atoms with van der Waals surface area (Å²) < 4.78 is 9.60. The Morgan fingerprint density at radius 1 is 1.59 bits per heavy atom. The van der Waals surface area contributed by atoms with E-state index in [0.29, 0.717) is 24.4 Å². The van der Waals surface area contributed by atoms with Gasteiger partial charge in [0.25, 0.3) is 0 Å². The highest BCUT2D eigenvalue weighted by Crippen LogP contribution is 2.03. The molecule has 0 bridgehead atoms.